The number of nitrogens with one attached hydrogen (secondary N) is 1. The van der Waals surface area contributed by atoms with Crippen molar-refractivity contribution in [2.75, 3.05) is 20.2 Å². The largest absolute Gasteiger partial charge is 0.492 e. The van der Waals surface area contributed by atoms with Crippen LogP contribution in [0, 0.1) is 0 Å². The van der Waals surface area contributed by atoms with Gasteiger partial charge in [-0.1, -0.05) is 41.9 Å². The predicted molar refractivity (Wildman–Crippen MR) is 119 cm³/mol. The van der Waals surface area contributed by atoms with Gasteiger partial charge in [-0.3, -0.25) is 9.69 Å². The monoisotopic (exact) mass is 425 g/mol. The summed E-state index contributed by atoms with van der Waals surface area (Å²) in [6, 6.07) is 19.2. The molecule has 0 unspecified atom stereocenters. The van der Waals surface area contributed by atoms with Gasteiger partial charge in [0.2, 0.25) is 0 Å². The minimum absolute atomic E-state index is 0.103. The highest BCUT2D eigenvalue weighted by atomic mass is 35.5. The molecule has 0 saturated heterocycles. The molecule has 2 aromatic carbocycles. The first-order chi connectivity index (χ1) is 14.1. The number of fused-ring (bicyclic) bond motifs is 1. The van der Waals surface area contributed by atoms with Crippen molar-refractivity contribution in [2.24, 2.45) is 0 Å². The van der Waals surface area contributed by atoms with Crippen LogP contribution in [0.5, 0.6) is 5.75 Å². The molecule has 0 aliphatic heterocycles. The van der Waals surface area contributed by atoms with Crippen molar-refractivity contribution >= 4 is 33.2 Å². The first-order valence-electron chi connectivity index (χ1n) is 9.23. The maximum absolute atomic E-state index is 12.5. The smallest absolute Gasteiger partial charge is 0.259 e. The molecule has 4 aromatic rings. The molecule has 0 radical (unpaired) electrons. The van der Waals surface area contributed by atoms with E-state index in [1.165, 1.54) is 11.3 Å². The molecule has 0 bridgehead atoms. The Balaban J connectivity index is 1.42. The molecule has 1 N–H and O–H groups in total. The highest BCUT2D eigenvalue weighted by Gasteiger charge is 2.11. The number of hydrogen-bond donors (Lipinski definition) is 1. The lowest BCUT2D eigenvalue weighted by Gasteiger charge is -2.16. The van der Waals surface area contributed by atoms with E-state index >= 15 is 0 Å². The predicted octanol–water partition coefficient (Wildman–Crippen LogP) is 4.82. The van der Waals surface area contributed by atoms with Gasteiger partial charge in [0.15, 0.2) is 0 Å². The van der Waals surface area contributed by atoms with E-state index in [1.807, 2.05) is 55.6 Å². The van der Waals surface area contributed by atoms with Gasteiger partial charge in [0.1, 0.15) is 23.0 Å². The van der Waals surface area contributed by atoms with Gasteiger partial charge in [-0.15, -0.1) is 11.3 Å². The maximum Gasteiger partial charge on any atom is 0.259 e. The summed E-state index contributed by atoms with van der Waals surface area (Å²) >= 11 is 7.42. The van der Waals surface area contributed by atoms with E-state index in [4.69, 9.17) is 16.3 Å². The van der Waals surface area contributed by atoms with E-state index < -0.39 is 0 Å². The van der Waals surface area contributed by atoms with E-state index in [1.54, 1.807) is 12.1 Å². The molecule has 5 nitrogen and oxygen atoms in total. The molecule has 0 saturated carbocycles. The zero-order chi connectivity index (χ0) is 20.2. The highest BCUT2D eigenvalue weighted by molar-refractivity contribution is 7.21. The Morgan fingerprint density at radius 2 is 1.90 bits per heavy atom. The Labute approximate surface area is 177 Å². The van der Waals surface area contributed by atoms with Crippen LogP contribution < -0.4 is 10.3 Å². The summed E-state index contributed by atoms with van der Waals surface area (Å²) < 4.78 is 5.73. The third kappa shape index (κ3) is 4.85. The first-order valence-corrected chi connectivity index (χ1v) is 10.4. The number of aromatic nitrogens is 2. The molecule has 29 heavy (non-hydrogen) atoms. The number of thiophene rings is 1. The fraction of sp³-hybridized carbons (Fsp3) is 0.182. The number of aromatic amines is 1. The van der Waals surface area contributed by atoms with Crippen molar-refractivity contribution in [1.29, 1.82) is 0 Å². The molecule has 0 amide bonds. The number of halogens is 1. The van der Waals surface area contributed by atoms with Gasteiger partial charge in [-0.05, 0) is 42.9 Å². The Bertz CT molecular complexity index is 1160. The van der Waals surface area contributed by atoms with Crippen LogP contribution in [0.2, 0.25) is 5.02 Å². The number of rotatable bonds is 7. The molecule has 0 spiro atoms. The van der Waals surface area contributed by atoms with Crippen LogP contribution in [0.25, 0.3) is 20.7 Å². The van der Waals surface area contributed by atoms with Crippen LogP contribution in [0.3, 0.4) is 0 Å². The van der Waals surface area contributed by atoms with Crippen LogP contribution in [0.4, 0.5) is 0 Å². The third-order valence-corrected chi connectivity index (χ3v) is 5.81. The molecular weight excluding hydrogens is 406 g/mol. The van der Waals surface area contributed by atoms with Crippen molar-refractivity contribution in [3.63, 3.8) is 0 Å². The standard InChI is InChI=1S/C22H20ClN3O2S/c1-26(11-12-28-17-9-7-16(23)8-10-17)14-20-24-21(27)18-13-19(29-22(18)25-20)15-5-3-2-4-6-15/h2-10,13H,11-12,14H2,1H3,(H,24,25,27). The zero-order valence-electron chi connectivity index (χ0n) is 15.9. The van der Waals surface area contributed by atoms with E-state index in [2.05, 4.69) is 14.9 Å². The van der Waals surface area contributed by atoms with Crippen LogP contribution in [0.15, 0.2) is 65.5 Å². The molecule has 0 atom stereocenters. The summed E-state index contributed by atoms with van der Waals surface area (Å²) in [4.78, 5) is 23.9. The topological polar surface area (TPSA) is 58.2 Å². The Morgan fingerprint density at radius 3 is 2.66 bits per heavy atom. The van der Waals surface area contributed by atoms with E-state index in [0.29, 0.717) is 35.9 Å². The molecule has 4 rings (SSSR count). The first kappa shape index (κ1) is 19.6. The fourth-order valence-corrected chi connectivity index (χ4v) is 4.16. The van der Waals surface area contributed by atoms with E-state index in [0.717, 1.165) is 21.0 Å². The SMILES string of the molecule is CN(CCOc1ccc(Cl)cc1)Cc1nc2sc(-c3ccccc3)cc2c(=O)[nH]1. The molecule has 0 aliphatic rings. The van der Waals surface area contributed by atoms with Crippen LogP contribution >= 0.6 is 22.9 Å². The van der Waals surface area contributed by atoms with Crippen LogP contribution in [0.1, 0.15) is 5.82 Å². The summed E-state index contributed by atoms with van der Waals surface area (Å²) in [5, 5.41) is 1.32. The molecule has 7 heteroatoms. The summed E-state index contributed by atoms with van der Waals surface area (Å²) in [7, 11) is 1.97. The Hall–Kier alpha value is -2.67. The van der Waals surface area contributed by atoms with Gasteiger partial charge in [-0.25, -0.2) is 4.98 Å². The second kappa shape index (κ2) is 8.78. The molecule has 0 fully saturated rings. The minimum atomic E-state index is -0.103. The van der Waals surface area contributed by atoms with Crippen molar-refractivity contribution in [3.8, 4) is 16.2 Å². The molecule has 0 aliphatic carbocycles. The van der Waals surface area contributed by atoms with Crippen molar-refractivity contribution in [1.82, 2.24) is 14.9 Å². The van der Waals surface area contributed by atoms with Crippen molar-refractivity contribution in [2.45, 2.75) is 6.54 Å². The number of benzene rings is 2. The molecular formula is C22H20ClN3O2S. The molecule has 148 valence electrons. The highest BCUT2D eigenvalue weighted by Crippen LogP contribution is 2.30. The number of H-pyrrole nitrogens is 1. The number of ether oxygens (including phenoxy) is 1. The van der Waals surface area contributed by atoms with Gasteiger partial charge in [-0.2, -0.15) is 0 Å². The van der Waals surface area contributed by atoms with Gasteiger partial charge < -0.3 is 9.72 Å². The third-order valence-electron chi connectivity index (χ3n) is 4.48. The lowest BCUT2D eigenvalue weighted by Crippen LogP contribution is -2.26. The van der Waals surface area contributed by atoms with Gasteiger partial charge in [0.05, 0.1) is 11.9 Å². The number of nitrogens with zero attached hydrogens (tertiary/aromatic N) is 2. The van der Waals surface area contributed by atoms with Gasteiger partial charge in [0, 0.05) is 16.4 Å². The second-order valence-corrected chi connectivity index (χ2v) is 8.22. The summed E-state index contributed by atoms with van der Waals surface area (Å²) in [6.45, 7) is 1.76. The molecule has 2 aromatic heterocycles. The normalized spacial score (nSPS) is 11.3. The average molecular weight is 426 g/mol. The summed E-state index contributed by atoms with van der Waals surface area (Å²) in [5.74, 6) is 1.43. The summed E-state index contributed by atoms with van der Waals surface area (Å²) in [5.41, 5.74) is 0.988. The quantitative estimate of drug-likeness (QED) is 0.461. The van der Waals surface area contributed by atoms with E-state index in [-0.39, 0.29) is 5.56 Å². The fourth-order valence-electron chi connectivity index (χ4n) is 2.98. The maximum atomic E-state index is 12.5. The van der Waals surface area contributed by atoms with Crippen molar-refractivity contribution < 1.29 is 4.74 Å². The minimum Gasteiger partial charge on any atom is -0.492 e. The Kier molecular flexibility index (Phi) is 5.94. The lowest BCUT2D eigenvalue weighted by molar-refractivity contribution is 0.230. The van der Waals surface area contributed by atoms with Gasteiger partial charge >= 0.3 is 0 Å². The van der Waals surface area contributed by atoms with E-state index in [9.17, 15) is 4.79 Å². The second-order valence-electron chi connectivity index (χ2n) is 6.75. The molecule has 2 heterocycles. The number of likely N-dealkylation sites (N-methyl/N-ethyl adjacent to an activating group) is 1. The lowest BCUT2D eigenvalue weighted by atomic mass is 10.2. The van der Waals surface area contributed by atoms with Crippen molar-refractivity contribution in [3.05, 3.63) is 81.9 Å². The summed E-state index contributed by atoms with van der Waals surface area (Å²) in [6.07, 6.45) is 0. The van der Waals surface area contributed by atoms with Crippen LogP contribution in [-0.4, -0.2) is 35.1 Å². The number of hydrogen-bond acceptors (Lipinski definition) is 5. The van der Waals surface area contributed by atoms with Crippen LogP contribution in [-0.2, 0) is 6.54 Å². The Morgan fingerprint density at radius 1 is 1.14 bits per heavy atom. The average Bonchev–Trinajstić information content (AvgIpc) is 3.15. The zero-order valence-corrected chi connectivity index (χ0v) is 17.5. The van der Waals surface area contributed by atoms with Gasteiger partial charge in [0.25, 0.3) is 5.56 Å².